The summed E-state index contributed by atoms with van der Waals surface area (Å²) in [6.07, 6.45) is 1.81. The maximum absolute atomic E-state index is 5.81. The lowest BCUT2D eigenvalue weighted by atomic mass is 10.2. The summed E-state index contributed by atoms with van der Waals surface area (Å²) in [7, 11) is 0. The molecule has 2 heteroatoms. The van der Waals surface area contributed by atoms with Crippen LogP contribution in [0.3, 0.4) is 0 Å². The van der Waals surface area contributed by atoms with E-state index in [0.717, 1.165) is 28.4 Å². The highest BCUT2D eigenvalue weighted by molar-refractivity contribution is 5.48. The van der Waals surface area contributed by atoms with Gasteiger partial charge < -0.3 is 9.47 Å². The van der Waals surface area contributed by atoms with Crippen LogP contribution >= 0.6 is 0 Å². The van der Waals surface area contributed by atoms with Gasteiger partial charge in [-0.3, -0.25) is 0 Å². The molecule has 3 rings (SSSR count). The zero-order chi connectivity index (χ0) is 15.9. The molecule has 0 saturated heterocycles. The van der Waals surface area contributed by atoms with Crippen LogP contribution in [0.1, 0.15) is 11.1 Å². The first-order chi connectivity index (χ1) is 11.3. The second-order valence-electron chi connectivity index (χ2n) is 5.12. The molecule has 0 N–H and O–H groups in total. The Morgan fingerprint density at radius 2 is 1.26 bits per heavy atom. The van der Waals surface area contributed by atoms with Crippen molar-refractivity contribution in [1.82, 2.24) is 0 Å². The van der Waals surface area contributed by atoms with E-state index in [1.165, 1.54) is 0 Å². The predicted molar refractivity (Wildman–Crippen MR) is 93.8 cm³/mol. The summed E-state index contributed by atoms with van der Waals surface area (Å²) in [6.45, 7) is 4.30. The molecule has 0 aliphatic carbocycles. The second kappa shape index (κ2) is 7.32. The molecule has 23 heavy (non-hydrogen) atoms. The Labute approximate surface area is 136 Å². The maximum atomic E-state index is 5.81. The topological polar surface area (TPSA) is 18.5 Å². The first-order valence-corrected chi connectivity index (χ1v) is 7.50. The van der Waals surface area contributed by atoms with Crippen LogP contribution in [0.25, 0.3) is 6.08 Å². The monoisotopic (exact) mass is 302 g/mol. The van der Waals surface area contributed by atoms with Gasteiger partial charge in [0.25, 0.3) is 0 Å². The van der Waals surface area contributed by atoms with E-state index in [0.29, 0.717) is 6.61 Å². The smallest absolute Gasteiger partial charge is 0.127 e. The van der Waals surface area contributed by atoms with Crippen LogP contribution in [0.5, 0.6) is 17.2 Å². The van der Waals surface area contributed by atoms with Crippen molar-refractivity contribution in [3.63, 3.8) is 0 Å². The van der Waals surface area contributed by atoms with E-state index in [-0.39, 0.29) is 0 Å². The second-order valence-corrected chi connectivity index (χ2v) is 5.12. The molecular formula is C21H18O2. The van der Waals surface area contributed by atoms with Crippen LogP contribution in [0.4, 0.5) is 0 Å². The molecule has 114 valence electrons. The van der Waals surface area contributed by atoms with E-state index in [1.54, 1.807) is 0 Å². The highest BCUT2D eigenvalue weighted by atomic mass is 16.5. The number of rotatable bonds is 6. The molecule has 3 aromatic carbocycles. The molecule has 0 saturated carbocycles. The molecule has 0 aromatic heterocycles. The van der Waals surface area contributed by atoms with Gasteiger partial charge in [0.15, 0.2) is 0 Å². The van der Waals surface area contributed by atoms with Crippen molar-refractivity contribution in [1.29, 1.82) is 0 Å². The lowest BCUT2D eigenvalue weighted by molar-refractivity contribution is 0.306. The lowest BCUT2D eigenvalue weighted by Crippen LogP contribution is -1.94. The van der Waals surface area contributed by atoms with Crippen molar-refractivity contribution in [2.45, 2.75) is 6.61 Å². The normalized spacial score (nSPS) is 10.1. The van der Waals surface area contributed by atoms with Gasteiger partial charge in [-0.15, -0.1) is 0 Å². The van der Waals surface area contributed by atoms with Gasteiger partial charge in [0.05, 0.1) is 0 Å². The van der Waals surface area contributed by atoms with Crippen molar-refractivity contribution >= 4 is 6.08 Å². The Bertz CT molecular complexity index is 744. The summed E-state index contributed by atoms with van der Waals surface area (Å²) >= 11 is 0. The number of ether oxygens (including phenoxy) is 2. The average molecular weight is 302 g/mol. The van der Waals surface area contributed by atoms with Gasteiger partial charge in [0.1, 0.15) is 23.9 Å². The van der Waals surface area contributed by atoms with Gasteiger partial charge in [0, 0.05) is 0 Å². The predicted octanol–water partition coefficient (Wildman–Crippen LogP) is 5.70. The molecular weight excluding hydrogens is 284 g/mol. The minimum absolute atomic E-state index is 0.560. The van der Waals surface area contributed by atoms with E-state index in [1.807, 2.05) is 84.9 Å². The van der Waals surface area contributed by atoms with Gasteiger partial charge >= 0.3 is 0 Å². The Morgan fingerprint density at radius 3 is 1.87 bits per heavy atom. The van der Waals surface area contributed by atoms with Crippen molar-refractivity contribution in [2.75, 3.05) is 0 Å². The maximum Gasteiger partial charge on any atom is 0.127 e. The third-order valence-electron chi connectivity index (χ3n) is 3.42. The molecule has 0 aliphatic rings. The SMILES string of the molecule is C=Cc1ccc(Oc2ccc(OCc3ccccc3)cc2)cc1. The zero-order valence-electron chi connectivity index (χ0n) is 12.8. The largest absolute Gasteiger partial charge is 0.489 e. The zero-order valence-corrected chi connectivity index (χ0v) is 12.8. The van der Waals surface area contributed by atoms with E-state index < -0.39 is 0 Å². The molecule has 0 radical (unpaired) electrons. The van der Waals surface area contributed by atoms with Crippen molar-refractivity contribution < 1.29 is 9.47 Å². The number of benzene rings is 3. The molecule has 0 amide bonds. The summed E-state index contributed by atoms with van der Waals surface area (Å²) in [5, 5.41) is 0. The average Bonchev–Trinajstić information content (AvgIpc) is 2.63. The van der Waals surface area contributed by atoms with Crippen molar-refractivity contribution in [2.24, 2.45) is 0 Å². The van der Waals surface area contributed by atoms with Crippen LogP contribution in [0.2, 0.25) is 0 Å². The fourth-order valence-corrected chi connectivity index (χ4v) is 2.15. The van der Waals surface area contributed by atoms with Gasteiger partial charge in [0.2, 0.25) is 0 Å². The molecule has 3 aromatic rings. The van der Waals surface area contributed by atoms with Crippen LogP contribution < -0.4 is 9.47 Å². The Morgan fingerprint density at radius 1 is 0.696 bits per heavy atom. The quantitative estimate of drug-likeness (QED) is 0.581. The van der Waals surface area contributed by atoms with Crippen molar-refractivity contribution in [3.05, 3.63) is 96.6 Å². The van der Waals surface area contributed by atoms with Crippen LogP contribution in [0, 0.1) is 0 Å². The molecule has 0 unspecified atom stereocenters. The highest BCUT2D eigenvalue weighted by Crippen LogP contribution is 2.24. The molecule has 0 fully saturated rings. The molecule has 2 nitrogen and oxygen atoms in total. The summed E-state index contributed by atoms with van der Waals surface area (Å²) in [5.41, 5.74) is 2.22. The third-order valence-corrected chi connectivity index (χ3v) is 3.42. The summed E-state index contributed by atoms with van der Waals surface area (Å²) < 4.78 is 11.6. The Hall–Kier alpha value is -3.00. The van der Waals surface area contributed by atoms with Gasteiger partial charge in [-0.1, -0.05) is 55.1 Å². The minimum Gasteiger partial charge on any atom is -0.489 e. The molecule has 0 heterocycles. The summed E-state index contributed by atoms with van der Waals surface area (Å²) in [5.74, 6) is 2.40. The Kier molecular flexibility index (Phi) is 4.75. The fraction of sp³-hybridized carbons (Fsp3) is 0.0476. The first-order valence-electron chi connectivity index (χ1n) is 7.50. The Balaban J connectivity index is 1.59. The van der Waals surface area contributed by atoms with Gasteiger partial charge in [-0.2, -0.15) is 0 Å². The third kappa shape index (κ3) is 4.24. The number of hydrogen-bond acceptors (Lipinski definition) is 2. The van der Waals surface area contributed by atoms with E-state index >= 15 is 0 Å². The standard InChI is InChI=1S/C21H18O2/c1-2-17-8-10-20(11-9-17)23-21-14-12-19(13-15-21)22-16-18-6-4-3-5-7-18/h2-15H,1,16H2. The molecule has 0 spiro atoms. The van der Waals surface area contributed by atoms with Gasteiger partial charge in [-0.05, 0) is 47.5 Å². The van der Waals surface area contributed by atoms with Gasteiger partial charge in [-0.25, -0.2) is 0 Å². The molecule has 0 aliphatic heterocycles. The van der Waals surface area contributed by atoms with E-state index in [4.69, 9.17) is 9.47 Å². The van der Waals surface area contributed by atoms with E-state index in [9.17, 15) is 0 Å². The van der Waals surface area contributed by atoms with Crippen LogP contribution in [-0.4, -0.2) is 0 Å². The number of hydrogen-bond donors (Lipinski definition) is 0. The summed E-state index contributed by atoms with van der Waals surface area (Å²) in [6, 6.07) is 25.5. The first kappa shape index (κ1) is 14.9. The minimum atomic E-state index is 0.560. The van der Waals surface area contributed by atoms with Crippen LogP contribution in [-0.2, 0) is 6.61 Å². The fourth-order valence-electron chi connectivity index (χ4n) is 2.15. The van der Waals surface area contributed by atoms with Crippen molar-refractivity contribution in [3.8, 4) is 17.2 Å². The van der Waals surface area contributed by atoms with E-state index in [2.05, 4.69) is 6.58 Å². The van der Waals surface area contributed by atoms with Crippen LogP contribution in [0.15, 0.2) is 85.4 Å². The lowest BCUT2D eigenvalue weighted by Gasteiger charge is -2.09. The summed E-state index contributed by atoms with van der Waals surface area (Å²) in [4.78, 5) is 0. The molecule has 0 bridgehead atoms. The molecule has 0 atom stereocenters. The highest BCUT2D eigenvalue weighted by Gasteiger charge is 1.99.